The van der Waals surface area contributed by atoms with Gasteiger partial charge in [-0.05, 0) is 20.3 Å². The molecule has 0 atom stereocenters. The van der Waals surface area contributed by atoms with Gasteiger partial charge >= 0.3 is 0 Å². The van der Waals surface area contributed by atoms with E-state index in [0.717, 1.165) is 26.1 Å². The van der Waals surface area contributed by atoms with Crippen LogP contribution < -0.4 is 0 Å². The van der Waals surface area contributed by atoms with Gasteiger partial charge in [-0.3, -0.25) is 4.79 Å². The van der Waals surface area contributed by atoms with Gasteiger partial charge in [-0.25, -0.2) is 0 Å². The molecular formula is C11H20N2O. The Morgan fingerprint density at radius 2 is 2.07 bits per heavy atom. The van der Waals surface area contributed by atoms with Crippen molar-refractivity contribution in [1.29, 1.82) is 0 Å². The van der Waals surface area contributed by atoms with Gasteiger partial charge in [0.15, 0.2) is 0 Å². The lowest BCUT2D eigenvalue weighted by Crippen LogP contribution is -2.50. The molecule has 1 rings (SSSR count). The van der Waals surface area contributed by atoms with Gasteiger partial charge in [0.1, 0.15) is 0 Å². The number of hydrogen-bond donors (Lipinski definition) is 0. The molecule has 1 saturated heterocycles. The van der Waals surface area contributed by atoms with E-state index in [1.54, 1.807) is 0 Å². The minimum absolute atomic E-state index is 0.0969. The molecule has 0 saturated carbocycles. The van der Waals surface area contributed by atoms with Crippen LogP contribution in [-0.4, -0.2) is 41.4 Å². The zero-order chi connectivity index (χ0) is 10.7. The van der Waals surface area contributed by atoms with Gasteiger partial charge in [0.05, 0.1) is 5.70 Å². The Bertz CT molecular complexity index is 235. The van der Waals surface area contributed by atoms with Gasteiger partial charge < -0.3 is 9.80 Å². The zero-order valence-corrected chi connectivity index (χ0v) is 9.42. The highest BCUT2D eigenvalue weighted by Crippen LogP contribution is 2.15. The fourth-order valence-corrected chi connectivity index (χ4v) is 1.78. The predicted molar refractivity (Wildman–Crippen MR) is 57.9 cm³/mol. The lowest BCUT2D eigenvalue weighted by atomic mass is 10.2. The molecule has 1 heterocycles. The number of carbonyl (C=O) groups is 1. The first-order chi connectivity index (χ1) is 6.57. The van der Waals surface area contributed by atoms with E-state index in [9.17, 15) is 4.79 Å². The molecule has 0 bridgehead atoms. The fourth-order valence-electron chi connectivity index (χ4n) is 1.78. The van der Waals surface area contributed by atoms with Crippen molar-refractivity contribution in [2.45, 2.75) is 33.2 Å². The van der Waals surface area contributed by atoms with E-state index in [1.807, 2.05) is 18.7 Å². The molecule has 1 aliphatic heterocycles. The van der Waals surface area contributed by atoms with Crippen LogP contribution in [0.3, 0.4) is 0 Å². The van der Waals surface area contributed by atoms with Crippen LogP contribution in [-0.2, 0) is 4.79 Å². The number of amides is 1. The number of hydrogen-bond acceptors (Lipinski definition) is 2. The number of nitrogens with zero attached hydrogens (tertiary/aromatic N) is 2. The first-order valence-electron chi connectivity index (χ1n) is 5.32. The number of rotatable bonds is 3. The predicted octanol–water partition coefficient (Wildman–Crippen LogP) is 1.46. The Morgan fingerprint density at radius 3 is 2.57 bits per heavy atom. The van der Waals surface area contributed by atoms with Crippen molar-refractivity contribution in [3.05, 3.63) is 12.3 Å². The second kappa shape index (κ2) is 4.49. The summed E-state index contributed by atoms with van der Waals surface area (Å²) in [6.45, 7) is 12.8. The van der Waals surface area contributed by atoms with Crippen LogP contribution in [0.4, 0.5) is 0 Å². The van der Waals surface area contributed by atoms with E-state index in [-0.39, 0.29) is 11.9 Å². The van der Waals surface area contributed by atoms with Gasteiger partial charge in [-0.15, -0.1) is 0 Å². The van der Waals surface area contributed by atoms with Crippen LogP contribution in [0.5, 0.6) is 0 Å². The van der Waals surface area contributed by atoms with Crippen molar-refractivity contribution >= 4 is 5.91 Å². The summed E-state index contributed by atoms with van der Waals surface area (Å²) in [6, 6.07) is 0.281. The number of piperazine rings is 1. The molecule has 3 heteroatoms. The summed E-state index contributed by atoms with van der Waals surface area (Å²) in [5, 5.41) is 0. The van der Waals surface area contributed by atoms with E-state index in [4.69, 9.17) is 0 Å². The Kier molecular flexibility index (Phi) is 3.55. The highest BCUT2D eigenvalue weighted by Gasteiger charge is 2.28. The second-order valence-electron chi connectivity index (χ2n) is 4.03. The molecular weight excluding hydrogens is 176 g/mol. The van der Waals surface area contributed by atoms with Crippen LogP contribution in [0.15, 0.2) is 12.3 Å². The van der Waals surface area contributed by atoms with Crippen LogP contribution in [0, 0.1) is 0 Å². The third-order valence-corrected chi connectivity index (χ3v) is 2.62. The van der Waals surface area contributed by atoms with Gasteiger partial charge in [0.2, 0.25) is 0 Å². The quantitative estimate of drug-likeness (QED) is 0.638. The summed E-state index contributed by atoms with van der Waals surface area (Å²) in [6.07, 6.45) is 1.06. The highest BCUT2D eigenvalue weighted by atomic mass is 16.2. The monoisotopic (exact) mass is 196 g/mol. The third-order valence-electron chi connectivity index (χ3n) is 2.62. The Hall–Kier alpha value is -0.990. The van der Waals surface area contributed by atoms with E-state index in [0.29, 0.717) is 5.70 Å². The van der Waals surface area contributed by atoms with E-state index in [1.165, 1.54) is 0 Å². The zero-order valence-electron chi connectivity index (χ0n) is 9.42. The summed E-state index contributed by atoms with van der Waals surface area (Å²) in [5.74, 6) is 0.0969. The van der Waals surface area contributed by atoms with Crippen molar-refractivity contribution in [2.24, 2.45) is 0 Å². The van der Waals surface area contributed by atoms with E-state index in [2.05, 4.69) is 18.4 Å². The molecule has 0 aromatic carbocycles. The Labute approximate surface area is 86.4 Å². The Morgan fingerprint density at radius 1 is 1.43 bits per heavy atom. The largest absolute Gasteiger partial charge is 0.366 e. The molecule has 0 aromatic rings. The summed E-state index contributed by atoms with van der Waals surface area (Å²) in [4.78, 5) is 15.8. The normalized spacial score (nSPS) is 18.3. The molecule has 0 unspecified atom stereocenters. The maximum absolute atomic E-state index is 11.8. The van der Waals surface area contributed by atoms with Crippen molar-refractivity contribution < 1.29 is 4.79 Å². The number of carbonyl (C=O) groups excluding carboxylic acids is 1. The first kappa shape index (κ1) is 11.1. The third kappa shape index (κ3) is 2.08. The average molecular weight is 196 g/mol. The molecule has 0 N–H and O–H groups in total. The minimum atomic E-state index is 0.0969. The molecule has 1 fully saturated rings. The summed E-state index contributed by atoms with van der Waals surface area (Å²) < 4.78 is 0. The van der Waals surface area contributed by atoms with Crippen LogP contribution in [0.1, 0.15) is 27.2 Å². The molecule has 14 heavy (non-hydrogen) atoms. The summed E-state index contributed by atoms with van der Waals surface area (Å²) in [5.41, 5.74) is 0.659. The summed E-state index contributed by atoms with van der Waals surface area (Å²) in [7, 11) is 0. The minimum Gasteiger partial charge on any atom is -0.366 e. The highest BCUT2D eigenvalue weighted by molar-refractivity contribution is 5.93. The summed E-state index contributed by atoms with van der Waals surface area (Å²) >= 11 is 0. The molecule has 80 valence electrons. The van der Waals surface area contributed by atoms with Gasteiger partial charge in [0, 0.05) is 25.7 Å². The molecule has 0 aromatic heterocycles. The average Bonchev–Trinajstić information content (AvgIpc) is 2.13. The van der Waals surface area contributed by atoms with Crippen molar-refractivity contribution in [2.75, 3.05) is 19.6 Å². The van der Waals surface area contributed by atoms with Crippen LogP contribution in [0.2, 0.25) is 0 Å². The maximum Gasteiger partial charge on any atom is 0.269 e. The fraction of sp³-hybridized carbons (Fsp3) is 0.727. The topological polar surface area (TPSA) is 23.6 Å². The van der Waals surface area contributed by atoms with Crippen LogP contribution >= 0.6 is 0 Å². The van der Waals surface area contributed by atoms with Crippen molar-refractivity contribution in [3.8, 4) is 0 Å². The van der Waals surface area contributed by atoms with E-state index >= 15 is 0 Å². The molecule has 0 aliphatic carbocycles. The second-order valence-corrected chi connectivity index (χ2v) is 4.03. The molecule has 0 radical (unpaired) electrons. The molecule has 1 amide bonds. The molecule has 0 spiro atoms. The standard InChI is InChI=1S/C11H20N2O/c1-5-6-12-7-8-13(9(2)3)11(14)10(12)4/h9H,4-8H2,1-3H3. The molecule has 1 aliphatic rings. The Balaban J connectivity index is 2.65. The van der Waals surface area contributed by atoms with Crippen molar-refractivity contribution in [1.82, 2.24) is 9.80 Å². The lowest BCUT2D eigenvalue weighted by Gasteiger charge is -2.38. The SMILES string of the molecule is C=C1C(=O)N(C(C)C)CCN1CCC. The van der Waals surface area contributed by atoms with Gasteiger partial charge in [-0.2, -0.15) is 0 Å². The smallest absolute Gasteiger partial charge is 0.269 e. The van der Waals surface area contributed by atoms with Gasteiger partial charge in [-0.1, -0.05) is 13.5 Å². The van der Waals surface area contributed by atoms with Crippen molar-refractivity contribution in [3.63, 3.8) is 0 Å². The first-order valence-corrected chi connectivity index (χ1v) is 5.32. The lowest BCUT2D eigenvalue weighted by molar-refractivity contribution is -0.133. The van der Waals surface area contributed by atoms with Gasteiger partial charge in [0.25, 0.3) is 5.91 Å². The molecule has 3 nitrogen and oxygen atoms in total. The van der Waals surface area contributed by atoms with E-state index < -0.39 is 0 Å². The maximum atomic E-state index is 11.8. The van der Waals surface area contributed by atoms with Crippen LogP contribution in [0.25, 0.3) is 0 Å².